The summed E-state index contributed by atoms with van der Waals surface area (Å²) in [6.07, 6.45) is 0.968. The lowest BCUT2D eigenvalue weighted by atomic mass is 10.1. The average molecular weight is 378 g/mol. The van der Waals surface area contributed by atoms with Crippen LogP contribution in [0.1, 0.15) is 16.7 Å². The van der Waals surface area contributed by atoms with E-state index < -0.39 is 20.4 Å². The second-order valence-electron chi connectivity index (χ2n) is 6.30. The third kappa shape index (κ3) is 4.13. The first kappa shape index (κ1) is 19.7. The summed E-state index contributed by atoms with van der Waals surface area (Å²) in [5.74, 6) is 0.839. The fourth-order valence-electron chi connectivity index (χ4n) is 3.01. The van der Waals surface area contributed by atoms with Crippen LogP contribution in [-0.2, 0) is 16.4 Å². The number of nitro groups is 1. The number of methoxy groups -OCH3 is 1. The molecular weight excluding hydrogens is 356 g/mol. The lowest BCUT2D eigenvalue weighted by molar-refractivity contribution is -0.387. The van der Waals surface area contributed by atoms with Crippen LogP contribution in [0.2, 0.25) is 0 Å². The molecule has 140 valence electrons. The SMILES string of the molecule is COc1c(C)cc(CN(C)c2ccc([N+](=O)[O-])c(S(C)(=O)=O)c2)cc1C. The molecular formula is C18H22N2O5S. The molecule has 8 heteroatoms. The van der Waals surface area contributed by atoms with Crippen molar-refractivity contribution in [3.63, 3.8) is 0 Å². The Balaban J connectivity index is 2.39. The zero-order chi connectivity index (χ0) is 19.6. The maximum atomic E-state index is 11.9. The van der Waals surface area contributed by atoms with Crippen LogP contribution in [0, 0.1) is 24.0 Å². The van der Waals surface area contributed by atoms with Gasteiger partial charge in [0.05, 0.1) is 12.0 Å². The Labute approximate surface area is 153 Å². The summed E-state index contributed by atoms with van der Waals surface area (Å²) in [4.78, 5) is 12.0. The van der Waals surface area contributed by atoms with E-state index in [4.69, 9.17) is 4.74 Å². The van der Waals surface area contributed by atoms with Crippen molar-refractivity contribution < 1.29 is 18.1 Å². The van der Waals surface area contributed by atoms with Gasteiger partial charge < -0.3 is 9.64 Å². The third-order valence-electron chi connectivity index (χ3n) is 4.12. The quantitative estimate of drug-likeness (QED) is 0.566. The van der Waals surface area contributed by atoms with Gasteiger partial charge in [0.1, 0.15) is 10.6 Å². The van der Waals surface area contributed by atoms with E-state index in [1.807, 2.05) is 37.9 Å². The molecule has 2 rings (SSSR count). The fraction of sp³-hybridized carbons (Fsp3) is 0.333. The number of benzene rings is 2. The van der Waals surface area contributed by atoms with Gasteiger partial charge >= 0.3 is 0 Å². The van der Waals surface area contributed by atoms with Gasteiger partial charge in [-0.15, -0.1) is 0 Å². The van der Waals surface area contributed by atoms with E-state index in [-0.39, 0.29) is 4.90 Å². The molecule has 0 radical (unpaired) electrons. The van der Waals surface area contributed by atoms with Crippen LogP contribution in [0.3, 0.4) is 0 Å². The Morgan fingerprint density at radius 3 is 2.19 bits per heavy atom. The highest BCUT2D eigenvalue weighted by Crippen LogP contribution is 2.30. The van der Waals surface area contributed by atoms with Gasteiger partial charge in [-0.3, -0.25) is 10.1 Å². The number of sulfone groups is 1. The Morgan fingerprint density at radius 2 is 1.73 bits per heavy atom. The minimum absolute atomic E-state index is 0.283. The van der Waals surface area contributed by atoms with Crippen LogP contribution < -0.4 is 9.64 Å². The number of nitrogens with zero attached hydrogens (tertiary/aromatic N) is 2. The lowest BCUT2D eigenvalue weighted by Gasteiger charge is -2.21. The number of nitro benzene ring substituents is 1. The van der Waals surface area contributed by atoms with Crippen molar-refractivity contribution >= 4 is 21.2 Å². The van der Waals surface area contributed by atoms with E-state index in [9.17, 15) is 18.5 Å². The number of anilines is 1. The van der Waals surface area contributed by atoms with E-state index in [0.717, 1.165) is 28.7 Å². The second kappa shape index (κ2) is 7.33. The molecule has 0 unspecified atom stereocenters. The number of aryl methyl sites for hydroxylation is 2. The van der Waals surface area contributed by atoms with Crippen LogP contribution in [0.25, 0.3) is 0 Å². The molecule has 2 aromatic carbocycles. The minimum Gasteiger partial charge on any atom is -0.496 e. The highest BCUT2D eigenvalue weighted by atomic mass is 32.2. The lowest BCUT2D eigenvalue weighted by Crippen LogP contribution is -2.17. The van der Waals surface area contributed by atoms with Gasteiger partial charge in [0, 0.05) is 31.6 Å². The van der Waals surface area contributed by atoms with Crippen molar-refractivity contribution in [3.05, 3.63) is 57.1 Å². The molecule has 0 aliphatic carbocycles. The molecule has 0 spiro atoms. The highest BCUT2D eigenvalue weighted by molar-refractivity contribution is 7.90. The molecule has 0 saturated carbocycles. The predicted octanol–water partition coefficient (Wildman–Crippen LogP) is 3.26. The Morgan fingerprint density at radius 1 is 1.15 bits per heavy atom. The van der Waals surface area contributed by atoms with Crippen LogP contribution >= 0.6 is 0 Å². The molecule has 0 heterocycles. The van der Waals surface area contributed by atoms with Gasteiger partial charge in [-0.05, 0) is 42.7 Å². The van der Waals surface area contributed by atoms with Crippen molar-refractivity contribution in [2.24, 2.45) is 0 Å². The minimum atomic E-state index is -3.71. The van der Waals surface area contributed by atoms with E-state index in [2.05, 4.69) is 0 Å². The largest absolute Gasteiger partial charge is 0.496 e. The van der Waals surface area contributed by atoms with E-state index in [1.165, 1.54) is 12.1 Å². The average Bonchev–Trinajstić information content (AvgIpc) is 2.53. The van der Waals surface area contributed by atoms with E-state index in [0.29, 0.717) is 12.2 Å². The van der Waals surface area contributed by atoms with Crippen LogP contribution in [0.4, 0.5) is 11.4 Å². The molecule has 0 bridgehead atoms. The van der Waals surface area contributed by atoms with E-state index >= 15 is 0 Å². The molecule has 0 atom stereocenters. The topological polar surface area (TPSA) is 89.8 Å². The maximum Gasteiger partial charge on any atom is 0.288 e. The third-order valence-corrected chi connectivity index (χ3v) is 5.25. The van der Waals surface area contributed by atoms with E-state index in [1.54, 1.807) is 13.2 Å². The molecule has 26 heavy (non-hydrogen) atoms. The van der Waals surface area contributed by atoms with Gasteiger partial charge in [-0.25, -0.2) is 8.42 Å². The highest BCUT2D eigenvalue weighted by Gasteiger charge is 2.23. The summed E-state index contributed by atoms with van der Waals surface area (Å²) in [5.41, 5.74) is 3.22. The van der Waals surface area contributed by atoms with Gasteiger partial charge in [-0.2, -0.15) is 0 Å². The smallest absolute Gasteiger partial charge is 0.288 e. The van der Waals surface area contributed by atoms with Gasteiger partial charge in [0.25, 0.3) is 5.69 Å². The normalized spacial score (nSPS) is 11.3. The zero-order valence-electron chi connectivity index (χ0n) is 15.4. The Bertz CT molecular complexity index is 931. The maximum absolute atomic E-state index is 11.9. The molecule has 0 fully saturated rings. The van der Waals surface area contributed by atoms with Gasteiger partial charge in [-0.1, -0.05) is 12.1 Å². The summed E-state index contributed by atoms with van der Waals surface area (Å²) in [6, 6.07) is 8.13. The molecule has 0 aromatic heterocycles. The van der Waals surface area contributed by atoms with Gasteiger partial charge in [0.2, 0.25) is 0 Å². The molecule has 2 aromatic rings. The van der Waals surface area contributed by atoms with Crippen LogP contribution in [-0.4, -0.2) is 33.8 Å². The molecule has 0 saturated heterocycles. The number of hydrogen-bond donors (Lipinski definition) is 0. The number of ether oxygens (including phenoxy) is 1. The molecule has 0 aliphatic rings. The second-order valence-corrected chi connectivity index (χ2v) is 8.28. The van der Waals surface area contributed by atoms with Crippen molar-refractivity contribution in [2.45, 2.75) is 25.3 Å². The first-order chi connectivity index (χ1) is 12.0. The van der Waals surface area contributed by atoms with Gasteiger partial charge in [0.15, 0.2) is 9.84 Å². The Kier molecular flexibility index (Phi) is 5.56. The van der Waals surface area contributed by atoms with Crippen molar-refractivity contribution in [3.8, 4) is 5.75 Å². The zero-order valence-corrected chi connectivity index (χ0v) is 16.3. The van der Waals surface area contributed by atoms with Crippen molar-refractivity contribution in [1.29, 1.82) is 0 Å². The summed E-state index contributed by atoms with van der Waals surface area (Å²) in [5, 5.41) is 11.1. The molecule has 0 amide bonds. The monoisotopic (exact) mass is 378 g/mol. The summed E-state index contributed by atoms with van der Waals surface area (Å²) in [7, 11) is -0.277. The Hall–Kier alpha value is -2.61. The van der Waals surface area contributed by atoms with Crippen molar-refractivity contribution in [2.75, 3.05) is 25.3 Å². The standard InChI is InChI=1S/C18H22N2O5S/c1-12-8-14(9-13(2)18(12)25-4)11-19(3)15-6-7-16(20(21)22)17(10-15)26(5,23)24/h6-10H,11H2,1-5H3. The first-order valence-corrected chi connectivity index (χ1v) is 9.77. The van der Waals surface area contributed by atoms with Crippen molar-refractivity contribution in [1.82, 2.24) is 0 Å². The fourth-order valence-corrected chi connectivity index (χ4v) is 3.86. The predicted molar refractivity (Wildman–Crippen MR) is 101 cm³/mol. The molecule has 7 nitrogen and oxygen atoms in total. The summed E-state index contributed by atoms with van der Waals surface area (Å²) < 4.78 is 29.2. The van der Waals surface area contributed by atoms with Crippen LogP contribution in [0.5, 0.6) is 5.75 Å². The number of rotatable bonds is 6. The number of hydrogen-bond acceptors (Lipinski definition) is 6. The molecule has 0 aliphatic heterocycles. The van der Waals surface area contributed by atoms with Crippen LogP contribution in [0.15, 0.2) is 35.2 Å². The summed E-state index contributed by atoms with van der Waals surface area (Å²) >= 11 is 0. The molecule has 0 N–H and O–H groups in total. The summed E-state index contributed by atoms with van der Waals surface area (Å²) in [6.45, 7) is 4.44. The first-order valence-electron chi connectivity index (χ1n) is 7.88.